The number of hydrogen-bond acceptors (Lipinski definition) is 4. The summed E-state index contributed by atoms with van der Waals surface area (Å²) in [5, 5.41) is 9.74. The van der Waals surface area contributed by atoms with Crippen LogP contribution in [0.2, 0.25) is 0 Å². The molecule has 1 aromatic carbocycles. The zero-order valence-electron chi connectivity index (χ0n) is 15.5. The summed E-state index contributed by atoms with van der Waals surface area (Å²) in [6, 6.07) is 6.23. The molecule has 26 heavy (non-hydrogen) atoms. The summed E-state index contributed by atoms with van der Waals surface area (Å²) in [6.45, 7) is 6.16. The van der Waals surface area contributed by atoms with E-state index in [1.807, 2.05) is 11.0 Å². The van der Waals surface area contributed by atoms with Crippen molar-refractivity contribution in [3.63, 3.8) is 0 Å². The van der Waals surface area contributed by atoms with Gasteiger partial charge in [-0.3, -0.25) is 9.69 Å². The van der Waals surface area contributed by atoms with E-state index in [9.17, 15) is 9.90 Å². The summed E-state index contributed by atoms with van der Waals surface area (Å²) < 4.78 is 5.44. The third-order valence-corrected chi connectivity index (χ3v) is 6.13. The van der Waals surface area contributed by atoms with E-state index >= 15 is 0 Å². The lowest BCUT2D eigenvalue weighted by Gasteiger charge is -2.40. The van der Waals surface area contributed by atoms with Crippen molar-refractivity contribution in [1.29, 1.82) is 0 Å². The minimum atomic E-state index is 0.129. The molecule has 2 aliphatic heterocycles. The highest BCUT2D eigenvalue weighted by molar-refractivity contribution is 5.94. The molecule has 142 valence electrons. The molecule has 3 aliphatic rings. The van der Waals surface area contributed by atoms with E-state index < -0.39 is 0 Å². The summed E-state index contributed by atoms with van der Waals surface area (Å²) in [5.41, 5.74) is 3.56. The maximum absolute atomic E-state index is 13.1. The number of fused-ring (bicyclic) bond motifs is 1. The number of morpholine rings is 1. The van der Waals surface area contributed by atoms with Crippen molar-refractivity contribution in [3.8, 4) is 0 Å². The van der Waals surface area contributed by atoms with Crippen molar-refractivity contribution in [3.05, 3.63) is 34.9 Å². The van der Waals surface area contributed by atoms with Crippen LogP contribution in [0.15, 0.2) is 18.2 Å². The van der Waals surface area contributed by atoms with Crippen LogP contribution < -0.4 is 0 Å². The molecule has 4 rings (SSSR count). The van der Waals surface area contributed by atoms with E-state index in [0.29, 0.717) is 12.5 Å². The Hall–Kier alpha value is -1.43. The van der Waals surface area contributed by atoms with Gasteiger partial charge in [0.1, 0.15) is 0 Å². The molecule has 0 saturated carbocycles. The zero-order chi connectivity index (χ0) is 17.9. The van der Waals surface area contributed by atoms with Gasteiger partial charge in [0.2, 0.25) is 0 Å². The topological polar surface area (TPSA) is 53.0 Å². The monoisotopic (exact) mass is 358 g/mol. The standard InChI is InChI=1S/C21H30N2O3/c24-15-17-10-16(12-22-6-8-26-9-7-22)13-23(14-17)21(25)20-5-4-18-2-1-3-19(18)11-20/h4-5,11,16-17,24H,1-3,6-10,12-15H2/t16-,17-/m1/s1. The normalized spacial score (nSPS) is 26.7. The first kappa shape index (κ1) is 18.0. The second-order valence-electron chi connectivity index (χ2n) is 8.11. The number of ether oxygens (including phenoxy) is 1. The van der Waals surface area contributed by atoms with Gasteiger partial charge in [0.25, 0.3) is 5.91 Å². The van der Waals surface area contributed by atoms with Gasteiger partial charge >= 0.3 is 0 Å². The average molecular weight is 358 g/mol. The molecule has 1 aliphatic carbocycles. The van der Waals surface area contributed by atoms with Crippen molar-refractivity contribution < 1.29 is 14.6 Å². The quantitative estimate of drug-likeness (QED) is 0.888. The minimum Gasteiger partial charge on any atom is -0.396 e. The smallest absolute Gasteiger partial charge is 0.253 e. The average Bonchev–Trinajstić information content (AvgIpc) is 3.15. The Morgan fingerprint density at radius 1 is 1.12 bits per heavy atom. The van der Waals surface area contributed by atoms with Gasteiger partial charge in [-0.15, -0.1) is 0 Å². The number of hydrogen-bond donors (Lipinski definition) is 1. The number of rotatable bonds is 4. The number of aryl methyl sites for hydroxylation is 2. The van der Waals surface area contributed by atoms with E-state index in [1.54, 1.807) is 0 Å². The van der Waals surface area contributed by atoms with Crippen molar-refractivity contribution >= 4 is 5.91 Å². The summed E-state index contributed by atoms with van der Waals surface area (Å²) in [4.78, 5) is 17.5. The van der Waals surface area contributed by atoms with Crippen molar-refractivity contribution in [1.82, 2.24) is 9.80 Å². The third-order valence-electron chi connectivity index (χ3n) is 6.13. The fourth-order valence-corrected chi connectivity index (χ4v) is 4.79. The molecule has 1 aromatic rings. The molecular weight excluding hydrogens is 328 g/mol. The number of nitrogens with zero attached hydrogens (tertiary/aromatic N) is 2. The summed E-state index contributed by atoms with van der Waals surface area (Å²) in [6.07, 6.45) is 4.43. The second kappa shape index (κ2) is 8.07. The Morgan fingerprint density at radius 3 is 2.69 bits per heavy atom. The van der Waals surface area contributed by atoms with Gasteiger partial charge in [-0.1, -0.05) is 6.07 Å². The van der Waals surface area contributed by atoms with Crippen LogP contribution >= 0.6 is 0 Å². The number of piperidine rings is 1. The van der Waals surface area contributed by atoms with Crippen molar-refractivity contribution in [2.75, 3.05) is 52.5 Å². The Bertz CT molecular complexity index is 642. The lowest BCUT2D eigenvalue weighted by molar-refractivity contribution is 0.0130. The maximum Gasteiger partial charge on any atom is 0.253 e. The lowest BCUT2D eigenvalue weighted by Crippen LogP contribution is -2.49. The van der Waals surface area contributed by atoms with Crippen LogP contribution in [0.4, 0.5) is 0 Å². The lowest BCUT2D eigenvalue weighted by atomic mass is 9.88. The fourth-order valence-electron chi connectivity index (χ4n) is 4.79. The fraction of sp³-hybridized carbons (Fsp3) is 0.667. The first-order chi connectivity index (χ1) is 12.7. The maximum atomic E-state index is 13.1. The van der Waals surface area contributed by atoms with E-state index in [-0.39, 0.29) is 18.4 Å². The van der Waals surface area contributed by atoms with E-state index in [0.717, 1.165) is 64.2 Å². The molecule has 0 bridgehead atoms. The summed E-state index contributed by atoms with van der Waals surface area (Å²) >= 11 is 0. The van der Waals surface area contributed by atoms with Crippen LogP contribution in [-0.2, 0) is 17.6 Å². The molecule has 1 amide bonds. The van der Waals surface area contributed by atoms with Crippen molar-refractivity contribution in [2.24, 2.45) is 11.8 Å². The Balaban J connectivity index is 1.44. The van der Waals surface area contributed by atoms with E-state index in [2.05, 4.69) is 17.0 Å². The van der Waals surface area contributed by atoms with Gasteiger partial charge in [0.05, 0.1) is 13.2 Å². The van der Waals surface area contributed by atoms with Crippen LogP contribution in [0.3, 0.4) is 0 Å². The van der Waals surface area contributed by atoms with E-state index in [1.165, 1.54) is 17.5 Å². The number of carbonyl (C=O) groups is 1. The predicted octanol–water partition coefficient (Wildman–Crippen LogP) is 1.58. The van der Waals surface area contributed by atoms with Gasteiger partial charge in [0.15, 0.2) is 0 Å². The highest BCUT2D eigenvalue weighted by Gasteiger charge is 2.31. The zero-order valence-corrected chi connectivity index (χ0v) is 15.5. The number of aliphatic hydroxyl groups excluding tert-OH is 1. The third kappa shape index (κ3) is 3.95. The summed E-state index contributed by atoms with van der Waals surface area (Å²) in [7, 11) is 0. The molecule has 0 unspecified atom stereocenters. The highest BCUT2D eigenvalue weighted by Crippen LogP contribution is 2.27. The Labute approximate surface area is 155 Å². The van der Waals surface area contributed by atoms with Crippen LogP contribution in [0, 0.1) is 11.8 Å². The number of carbonyl (C=O) groups excluding carboxylic acids is 1. The number of likely N-dealkylation sites (tertiary alicyclic amines) is 1. The molecular formula is C21H30N2O3. The number of aliphatic hydroxyl groups is 1. The summed E-state index contributed by atoms with van der Waals surface area (Å²) in [5.74, 6) is 0.746. The molecule has 2 fully saturated rings. The van der Waals surface area contributed by atoms with Crippen LogP contribution in [0.25, 0.3) is 0 Å². The molecule has 5 heteroatoms. The second-order valence-corrected chi connectivity index (χ2v) is 8.11. The van der Waals surface area contributed by atoms with Crippen LogP contribution in [-0.4, -0.2) is 73.4 Å². The van der Waals surface area contributed by atoms with Crippen LogP contribution in [0.5, 0.6) is 0 Å². The molecule has 2 saturated heterocycles. The van der Waals surface area contributed by atoms with Gasteiger partial charge in [-0.2, -0.15) is 0 Å². The van der Waals surface area contributed by atoms with Crippen LogP contribution in [0.1, 0.15) is 34.3 Å². The molecule has 2 atom stereocenters. The van der Waals surface area contributed by atoms with Gasteiger partial charge in [-0.25, -0.2) is 0 Å². The SMILES string of the molecule is O=C(c1ccc2c(c1)CCC2)N1C[C@H](CO)C[C@H](CN2CCOCC2)C1. The molecule has 0 radical (unpaired) electrons. The first-order valence-corrected chi connectivity index (χ1v) is 10.0. The Morgan fingerprint density at radius 2 is 1.88 bits per heavy atom. The number of benzene rings is 1. The molecule has 2 heterocycles. The van der Waals surface area contributed by atoms with Gasteiger partial charge in [0, 0.05) is 44.9 Å². The minimum absolute atomic E-state index is 0.129. The molecule has 0 spiro atoms. The molecule has 1 N–H and O–H groups in total. The largest absolute Gasteiger partial charge is 0.396 e. The molecule has 0 aromatic heterocycles. The first-order valence-electron chi connectivity index (χ1n) is 10.0. The highest BCUT2D eigenvalue weighted by atomic mass is 16.5. The van der Waals surface area contributed by atoms with Crippen molar-refractivity contribution in [2.45, 2.75) is 25.7 Å². The predicted molar refractivity (Wildman–Crippen MR) is 100 cm³/mol. The molecule has 5 nitrogen and oxygen atoms in total. The number of amides is 1. The van der Waals surface area contributed by atoms with Gasteiger partial charge < -0.3 is 14.7 Å². The van der Waals surface area contributed by atoms with Gasteiger partial charge in [-0.05, 0) is 60.8 Å². The van der Waals surface area contributed by atoms with E-state index in [4.69, 9.17) is 4.74 Å². The Kier molecular flexibility index (Phi) is 5.57.